The quantitative estimate of drug-likeness (QED) is 0.639. The second kappa shape index (κ2) is 6.31. The average Bonchev–Trinajstić information content (AvgIpc) is 3.04. The molecule has 0 unspecified atom stereocenters. The van der Waals surface area contributed by atoms with Gasteiger partial charge in [0.15, 0.2) is 6.10 Å². The van der Waals surface area contributed by atoms with E-state index in [-0.39, 0.29) is 17.6 Å². The van der Waals surface area contributed by atoms with E-state index in [1.165, 1.54) is 12.1 Å². The lowest BCUT2D eigenvalue weighted by Gasteiger charge is -2.27. The molecule has 2 atom stereocenters. The maximum atomic E-state index is 12.7. The van der Waals surface area contributed by atoms with Gasteiger partial charge in [-0.15, -0.1) is 0 Å². The highest BCUT2D eigenvalue weighted by molar-refractivity contribution is 5.82. The number of fused-ring (bicyclic) bond motifs is 1. The van der Waals surface area contributed by atoms with Crippen molar-refractivity contribution in [3.8, 4) is 5.75 Å². The lowest BCUT2D eigenvalue weighted by molar-refractivity contribution is -0.384. The highest BCUT2D eigenvalue weighted by atomic mass is 16.6. The van der Waals surface area contributed by atoms with Crippen LogP contribution in [0.4, 0.5) is 5.69 Å². The van der Waals surface area contributed by atoms with Crippen LogP contribution in [0, 0.1) is 10.1 Å². The number of nitro benzene ring substituents is 1. The molecule has 124 valence electrons. The molecule has 1 aliphatic rings. The summed E-state index contributed by atoms with van der Waals surface area (Å²) in [5, 5.41) is 10.9. The van der Waals surface area contributed by atoms with E-state index in [1.807, 2.05) is 31.2 Å². The van der Waals surface area contributed by atoms with Crippen molar-refractivity contribution in [2.24, 2.45) is 0 Å². The minimum Gasteiger partial charge on any atom is -0.480 e. The molecule has 3 rings (SSSR count). The first-order valence-corrected chi connectivity index (χ1v) is 7.73. The fourth-order valence-corrected chi connectivity index (χ4v) is 2.86. The van der Waals surface area contributed by atoms with Gasteiger partial charge in [-0.05, 0) is 24.1 Å². The Morgan fingerprint density at radius 1 is 1.29 bits per heavy atom. The van der Waals surface area contributed by atoms with Gasteiger partial charge >= 0.3 is 0 Å². The number of benzene rings is 2. The van der Waals surface area contributed by atoms with Gasteiger partial charge in [-0.2, -0.15) is 0 Å². The zero-order valence-electron chi connectivity index (χ0n) is 13.5. The van der Waals surface area contributed by atoms with Crippen molar-refractivity contribution in [2.75, 3.05) is 7.05 Å². The monoisotopic (exact) mass is 326 g/mol. The largest absolute Gasteiger partial charge is 0.480 e. The lowest BCUT2D eigenvalue weighted by atomic mass is 10.0. The molecule has 2 aromatic carbocycles. The molecule has 1 amide bonds. The molecular formula is C18H18N2O4. The van der Waals surface area contributed by atoms with E-state index in [4.69, 9.17) is 4.74 Å². The van der Waals surface area contributed by atoms with Crippen LogP contribution in [0.25, 0.3) is 0 Å². The molecule has 2 aromatic rings. The summed E-state index contributed by atoms with van der Waals surface area (Å²) in [6.45, 7) is 1.85. The van der Waals surface area contributed by atoms with E-state index in [2.05, 4.69) is 0 Å². The van der Waals surface area contributed by atoms with E-state index in [0.717, 1.165) is 16.9 Å². The Morgan fingerprint density at radius 2 is 2.04 bits per heavy atom. The molecule has 0 aromatic heterocycles. The van der Waals surface area contributed by atoms with Gasteiger partial charge in [0.05, 0.1) is 11.0 Å². The number of amides is 1. The van der Waals surface area contributed by atoms with Crippen molar-refractivity contribution < 1.29 is 14.5 Å². The van der Waals surface area contributed by atoms with Crippen LogP contribution in [-0.4, -0.2) is 28.9 Å². The van der Waals surface area contributed by atoms with Crippen LogP contribution in [0.15, 0.2) is 48.5 Å². The fourth-order valence-electron chi connectivity index (χ4n) is 2.86. The number of nitro groups is 1. The summed E-state index contributed by atoms with van der Waals surface area (Å²) in [4.78, 5) is 24.8. The third-order valence-corrected chi connectivity index (χ3v) is 4.41. The number of carbonyl (C=O) groups excluding carboxylic acids is 1. The summed E-state index contributed by atoms with van der Waals surface area (Å²) in [5.74, 6) is 0.609. The summed E-state index contributed by atoms with van der Waals surface area (Å²) < 4.78 is 5.74. The van der Waals surface area contributed by atoms with Gasteiger partial charge in [-0.1, -0.05) is 30.3 Å². The molecule has 0 saturated carbocycles. The van der Waals surface area contributed by atoms with Gasteiger partial charge < -0.3 is 9.64 Å². The summed E-state index contributed by atoms with van der Waals surface area (Å²) in [6.07, 6.45) is -0.00498. The Hall–Kier alpha value is -2.89. The number of para-hydroxylation sites is 1. The van der Waals surface area contributed by atoms with E-state index < -0.39 is 11.0 Å². The Balaban J connectivity index is 1.74. The maximum absolute atomic E-state index is 12.7. The van der Waals surface area contributed by atoms with Gasteiger partial charge in [-0.25, -0.2) is 0 Å². The SMILES string of the molecule is C[C@@H](c1cccc([N+](=O)[O-])c1)N(C)C(=O)[C@@H]1Cc2ccccc2O1. The molecule has 6 heteroatoms. The van der Waals surface area contributed by atoms with Gasteiger partial charge in [0, 0.05) is 25.6 Å². The number of likely N-dealkylation sites (N-methyl/N-ethyl adjacent to an activating group) is 1. The van der Waals surface area contributed by atoms with Crippen molar-refractivity contribution in [2.45, 2.75) is 25.5 Å². The van der Waals surface area contributed by atoms with Crippen LogP contribution in [0.5, 0.6) is 5.75 Å². The number of carbonyl (C=O) groups is 1. The zero-order valence-corrected chi connectivity index (χ0v) is 13.5. The second-order valence-corrected chi connectivity index (χ2v) is 5.90. The number of hydrogen-bond acceptors (Lipinski definition) is 4. The Morgan fingerprint density at radius 3 is 2.75 bits per heavy atom. The number of ether oxygens (including phenoxy) is 1. The molecule has 0 fully saturated rings. The lowest BCUT2D eigenvalue weighted by Crippen LogP contribution is -2.40. The van der Waals surface area contributed by atoms with Crippen LogP contribution in [0.2, 0.25) is 0 Å². The predicted octanol–water partition coefficient (Wildman–Crippen LogP) is 3.12. The molecule has 0 bridgehead atoms. The van der Waals surface area contributed by atoms with Crippen LogP contribution >= 0.6 is 0 Å². The van der Waals surface area contributed by atoms with Crippen molar-refractivity contribution in [1.82, 2.24) is 4.90 Å². The molecule has 0 saturated heterocycles. The van der Waals surface area contributed by atoms with Crippen molar-refractivity contribution in [3.05, 3.63) is 69.8 Å². The molecule has 0 aliphatic carbocycles. The molecule has 1 heterocycles. The van der Waals surface area contributed by atoms with E-state index in [1.54, 1.807) is 24.1 Å². The summed E-state index contributed by atoms with van der Waals surface area (Å²) >= 11 is 0. The average molecular weight is 326 g/mol. The third-order valence-electron chi connectivity index (χ3n) is 4.41. The maximum Gasteiger partial charge on any atom is 0.269 e. The van der Waals surface area contributed by atoms with Crippen molar-refractivity contribution in [3.63, 3.8) is 0 Å². The van der Waals surface area contributed by atoms with Crippen LogP contribution in [0.1, 0.15) is 24.1 Å². The van der Waals surface area contributed by atoms with Crippen LogP contribution in [-0.2, 0) is 11.2 Å². The smallest absolute Gasteiger partial charge is 0.269 e. The third kappa shape index (κ3) is 2.95. The first kappa shape index (κ1) is 16.0. The van der Waals surface area contributed by atoms with E-state index in [0.29, 0.717) is 6.42 Å². The molecule has 1 aliphatic heterocycles. The number of rotatable bonds is 4. The molecule has 24 heavy (non-hydrogen) atoms. The standard InChI is InChI=1S/C18H18N2O4/c1-12(13-7-5-8-15(10-13)20(22)23)19(2)18(21)17-11-14-6-3-4-9-16(14)24-17/h3-10,12,17H,11H2,1-2H3/t12-,17-/m0/s1. The first-order chi connectivity index (χ1) is 11.5. The number of non-ortho nitro benzene ring substituents is 1. The minimum absolute atomic E-state index is 0.0183. The summed E-state index contributed by atoms with van der Waals surface area (Å²) in [6, 6.07) is 13.7. The van der Waals surface area contributed by atoms with Crippen LogP contribution in [0.3, 0.4) is 0 Å². The molecule has 6 nitrogen and oxygen atoms in total. The summed E-state index contributed by atoms with van der Waals surface area (Å²) in [7, 11) is 1.69. The fraction of sp³-hybridized carbons (Fsp3) is 0.278. The Labute approximate surface area is 139 Å². The predicted molar refractivity (Wildman–Crippen MR) is 88.8 cm³/mol. The Kier molecular flexibility index (Phi) is 4.20. The molecule has 0 N–H and O–H groups in total. The van der Waals surface area contributed by atoms with E-state index >= 15 is 0 Å². The Bertz CT molecular complexity index is 765. The molecular weight excluding hydrogens is 308 g/mol. The highest BCUT2D eigenvalue weighted by Gasteiger charge is 2.33. The topological polar surface area (TPSA) is 72.7 Å². The number of hydrogen-bond donors (Lipinski definition) is 0. The zero-order chi connectivity index (χ0) is 17.3. The minimum atomic E-state index is -0.548. The van der Waals surface area contributed by atoms with E-state index in [9.17, 15) is 14.9 Å². The first-order valence-electron chi connectivity index (χ1n) is 7.73. The van der Waals surface area contributed by atoms with Gasteiger partial charge in [0.2, 0.25) is 0 Å². The van der Waals surface area contributed by atoms with Crippen molar-refractivity contribution >= 4 is 11.6 Å². The van der Waals surface area contributed by atoms with Gasteiger partial charge in [0.1, 0.15) is 5.75 Å². The summed E-state index contributed by atoms with van der Waals surface area (Å²) in [5.41, 5.74) is 1.76. The van der Waals surface area contributed by atoms with Crippen LogP contribution < -0.4 is 4.74 Å². The van der Waals surface area contributed by atoms with Gasteiger partial charge in [0.25, 0.3) is 11.6 Å². The van der Waals surface area contributed by atoms with Gasteiger partial charge in [-0.3, -0.25) is 14.9 Å². The molecule has 0 radical (unpaired) electrons. The second-order valence-electron chi connectivity index (χ2n) is 5.90. The normalized spacial score (nSPS) is 16.8. The van der Waals surface area contributed by atoms with Crippen molar-refractivity contribution in [1.29, 1.82) is 0 Å². The highest BCUT2D eigenvalue weighted by Crippen LogP contribution is 2.30. The number of nitrogens with zero attached hydrogens (tertiary/aromatic N) is 2. The molecule has 0 spiro atoms.